The molecular formula is C18H36N2. The molecule has 2 heteroatoms. The van der Waals surface area contributed by atoms with Gasteiger partial charge in [0.05, 0.1) is 0 Å². The molecule has 2 nitrogen and oxygen atoms in total. The van der Waals surface area contributed by atoms with Crippen molar-refractivity contribution in [2.24, 2.45) is 5.92 Å². The van der Waals surface area contributed by atoms with Crippen LogP contribution in [0.2, 0.25) is 0 Å². The Balaban J connectivity index is 2.13. The summed E-state index contributed by atoms with van der Waals surface area (Å²) < 4.78 is 0. The summed E-state index contributed by atoms with van der Waals surface area (Å²) in [6, 6.07) is 1.43. The Kier molecular flexibility index (Phi) is 8.47. The van der Waals surface area contributed by atoms with Crippen molar-refractivity contribution in [2.75, 3.05) is 19.6 Å². The standard InChI is InChI=1S/C18H36N2/c1-15(2)7-6-8-17(5)19-18-10-13-20(14-11-18)12-9-16(3)4/h9,15,17-19H,6-8,10-14H2,1-5H3. The maximum atomic E-state index is 3.84. The molecule has 1 aliphatic rings. The SMILES string of the molecule is CC(C)=CCN1CCC(NC(C)CCCC(C)C)CC1. The van der Waals surface area contributed by atoms with Gasteiger partial charge in [0, 0.05) is 18.6 Å². The van der Waals surface area contributed by atoms with Gasteiger partial charge < -0.3 is 5.32 Å². The smallest absolute Gasteiger partial charge is 0.0165 e. The monoisotopic (exact) mass is 280 g/mol. The molecule has 0 amide bonds. The van der Waals surface area contributed by atoms with E-state index >= 15 is 0 Å². The van der Waals surface area contributed by atoms with E-state index in [1.165, 1.54) is 50.8 Å². The van der Waals surface area contributed by atoms with Crippen LogP contribution in [0.3, 0.4) is 0 Å². The Morgan fingerprint density at radius 1 is 1.15 bits per heavy atom. The first kappa shape index (κ1) is 17.7. The van der Waals surface area contributed by atoms with Crippen molar-refractivity contribution in [1.82, 2.24) is 10.2 Å². The zero-order chi connectivity index (χ0) is 15.0. The first-order chi connectivity index (χ1) is 9.47. The zero-order valence-corrected chi connectivity index (χ0v) is 14.4. The second-order valence-corrected chi connectivity index (χ2v) is 7.25. The second-order valence-electron chi connectivity index (χ2n) is 7.25. The summed E-state index contributed by atoms with van der Waals surface area (Å²) in [4.78, 5) is 2.58. The van der Waals surface area contributed by atoms with Crippen molar-refractivity contribution >= 4 is 0 Å². The van der Waals surface area contributed by atoms with E-state index in [9.17, 15) is 0 Å². The molecular weight excluding hydrogens is 244 g/mol. The van der Waals surface area contributed by atoms with Crippen molar-refractivity contribution in [3.63, 3.8) is 0 Å². The third kappa shape index (κ3) is 8.06. The lowest BCUT2D eigenvalue weighted by molar-refractivity contribution is 0.206. The minimum absolute atomic E-state index is 0.683. The van der Waals surface area contributed by atoms with Gasteiger partial charge in [-0.25, -0.2) is 0 Å². The van der Waals surface area contributed by atoms with Gasteiger partial charge in [0.2, 0.25) is 0 Å². The largest absolute Gasteiger partial charge is 0.311 e. The number of likely N-dealkylation sites (tertiary alicyclic amines) is 1. The third-order valence-corrected chi connectivity index (χ3v) is 4.28. The highest BCUT2D eigenvalue weighted by molar-refractivity contribution is 4.95. The van der Waals surface area contributed by atoms with Crippen LogP contribution in [0, 0.1) is 5.92 Å². The Morgan fingerprint density at radius 2 is 1.80 bits per heavy atom. The number of hydrogen-bond acceptors (Lipinski definition) is 2. The van der Waals surface area contributed by atoms with Gasteiger partial charge in [-0.15, -0.1) is 0 Å². The molecule has 1 saturated heterocycles. The van der Waals surface area contributed by atoms with Gasteiger partial charge in [-0.1, -0.05) is 38.3 Å². The van der Waals surface area contributed by atoms with E-state index in [1.807, 2.05) is 0 Å². The maximum absolute atomic E-state index is 3.84. The van der Waals surface area contributed by atoms with Gasteiger partial charge >= 0.3 is 0 Å². The highest BCUT2D eigenvalue weighted by Crippen LogP contribution is 2.13. The fraction of sp³-hybridized carbons (Fsp3) is 0.889. The predicted molar refractivity (Wildman–Crippen MR) is 90.2 cm³/mol. The van der Waals surface area contributed by atoms with E-state index in [1.54, 1.807) is 0 Å². The first-order valence-corrected chi connectivity index (χ1v) is 8.59. The lowest BCUT2D eigenvalue weighted by atomic mass is 10.0. The molecule has 1 N–H and O–H groups in total. The molecule has 0 spiro atoms. The molecule has 0 aromatic carbocycles. The minimum atomic E-state index is 0.683. The van der Waals surface area contributed by atoms with Crippen LogP contribution in [0.1, 0.15) is 66.7 Å². The van der Waals surface area contributed by atoms with Crippen LogP contribution >= 0.6 is 0 Å². The third-order valence-electron chi connectivity index (χ3n) is 4.28. The Labute approximate surface area is 127 Å². The summed E-state index contributed by atoms with van der Waals surface area (Å²) in [5, 5.41) is 3.84. The van der Waals surface area contributed by atoms with Crippen molar-refractivity contribution in [1.29, 1.82) is 0 Å². The van der Waals surface area contributed by atoms with E-state index in [2.05, 4.69) is 50.9 Å². The van der Waals surface area contributed by atoms with E-state index in [-0.39, 0.29) is 0 Å². The quantitative estimate of drug-likeness (QED) is 0.670. The molecule has 118 valence electrons. The zero-order valence-electron chi connectivity index (χ0n) is 14.4. The van der Waals surface area contributed by atoms with Crippen LogP contribution in [-0.4, -0.2) is 36.6 Å². The van der Waals surface area contributed by atoms with Gasteiger partial charge in [-0.2, -0.15) is 0 Å². The summed E-state index contributed by atoms with van der Waals surface area (Å²) in [5.41, 5.74) is 1.43. The van der Waals surface area contributed by atoms with E-state index in [4.69, 9.17) is 0 Å². The topological polar surface area (TPSA) is 15.3 Å². The first-order valence-electron chi connectivity index (χ1n) is 8.59. The number of allylic oxidation sites excluding steroid dienone is 1. The highest BCUT2D eigenvalue weighted by atomic mass is 15.1. The predicted octanol–water partition coefficient (Wildman–Crippen LogP) is 4.22. The molecule has 1 atom stereocenters. The highest BCUT2D eigenvalue weighted by Gasteiger charge is 2.19. The number of nitrogens with one attached hydrogen (secondary N) is 1. The molecule has 0 radical (unpaired) electrons. The van der Waals surface area contributed by atoms with Crippen molar-refractivity contribution in [2.45, 2.75) is 78.8 Å². The minimum Gasteiger partial charge on any atom is -0.311 e. The van der Waals surface area contributed by atoms with Gasteiger partial charge in [0.25, 0.3) is 0 Å². The average Bonchev–Trinajstić information content (AvgIpc) is 2.37. The van der Waals surface area contributed by atoms with Gasteiger partial charge in [0.1, 0.15) is 0 Å². The Hall–Kier alpha value is -0.340. The molecule has 1 rings (SSSR count). The molecule has 1 heterocycles. The molecule has 0 aromatic rings. The van der Waals surface area contributed by atoms with Crippen LogP contribution < -0.4 is 5.32 Å². The normalized spacial score (nSPS) is 19.3. The molecule has 1 aliphatic heterocycles. The summed E-state index contributed by atoms with van der Waals surface area (Å²) >= 11 is 0. The molecule has 0 aromatic heterocycles. The fourth-order valence-electron chi connectivity index (χ4n) is 2.91. The Morgan fingerprint density at radius 3 is 2.35 bits per heavy atom. The number of piperidine rings is 1. The lowest BCUT2D eigenvalue weighted by Gasteiger charge is -2.33. The Bertz CT molecular complexity index is 271. The van der Waals surface area contributed by atoms with Gasteiger partial charge in [-0.05, 0) is 59.0 Å². The second kappa shape index (κ2) is 9.57. The molecule has 0 saturated carbocycles. The maximum Gasteiger partial charge on any atom is 0.0165 e. The number of rotatable bonds is 8. The molecule has 0 aliphatic carbocycles. The number of hydrogen-bond donors (Lipinski definition) is 1. The number of nitrogens with zero attached hydrogens (tertiary/aromatic N) is 1. The van der Waals surface area contributed by atoms with E-state index in [0.717, 1.165) is 18.5 Å². The molecule has 1 fully saturated rings. The average molecular weight is 281 g/mol. The van der Waals surface area contributed by atoms with Crippen LogP contribution in [0.25, 0.3) is 0 Å². The van der Waals surface area contributed by atoms with Gasteiger partial charge in [-0.3, -0.25) is 4.90 Å². The van der Waals surface area contributed by atoms with Crippen molar-refractivity contribution in [3.8, 4) is 0 Å². The summed E-state index contributed by atoms with van der Waals surface area (Å²) in [5.74, 6) is 0.848. The molecule has 20 heavy (non-hydrogen) atoms. The van der Waals surface area contributed by atoms with E-state index < -0.39 is 0 Å². The summed E-state index contributed by atoms with van der Waals surface area (Å²) in [6.45, 7) is 15.0. The fourth-order valence-corrected chi connectivity index (χ4v) is 2.91. The van der Waals surface area contributed by atoms with Crippen LogP contribution in [-0.2, 0) is 0 Å². The summed E-state index contributed by atoms with van der Waals surface area (Å²) in [7, 11) is 0. The van der Waals surface area contributed by atoms with E-state index in [0.29, 0.717) is 6.04 Å². The molecule has 0 bridgehead atoms. The summed E-state index contributed by atoms with van der Waals surface area (Å²) in [6.07, 6.45) is 9.03. The van der Waals surface area contributed by atoms with Crippen LogP contribution in [0.4, 0.5) is 0 Å². The van der Waals surface area contributed by atoms with Crippen molar-refractivity contribution < 1.29 is 0 Å². The van der Waals surface area contributed by atoms with Crippen LogP contribution in [0.5, 0.6) is 0 Å². The van der Waals surface area contributed by atoms with Crippen molar-refractivity contribution in [3.05, 3.63) is 11.6 Å². The lowest BCUT2D eigenvalue weighted by Crippen LogP contribution is -2.45. The van der Waals surface area contributed by atoms with Crippen LogP contribution in [0.15, 0.2) is 11.6 Å². The molecule has 1 unspecified atom stereocenters. The van der Waals surface area contributed by atoms with Gasteiger partial charge in [0.15, 0.2) is 0 Å².